The predicted octanol–water partition coefficient (Wildman–Crippen LogP) is 4.16. The van der Waals surface area contributed by atoms with E-state index in [2.05, 4.69) is 0 Å². The molecule has 0 spiro atoms. The van der Waals surface area contributed by atoms with Crippen molar-refractivity contribution in [3.63, 3.8) is 0 Å². The molecule has 22 heavy (non-hydrogen) atoms. The van der Waals surface area contributed by atoms with E-state index in [1.54, 1.807) is 30.3 Å². The van der Waals surface area contributed by atoms with Crippen LogP contribution >= 0.6 is 0 Å². The number of nitrogens with two attached hydrogens (primary N) is 1. The topological polar surface area (TPSA) is 52.3 Å². The molecule has 0 saturated carbocycles. The van der Waals surface area contributed by atoms with E-state index in [1.165, 1.54) is 0 Å². The van der Waals surface area contributed by atoms with E-state index >= 15 is 0 Å². The van der Waals surface area contributed by atoms with Gasteiger partial charge in [0, 0.05) is 11.3 Å². The molecule has 0 aliphatic carbocycles. The molecule has 0 aliphatic heterocycles. The van der Waals surface area contributed by atoms with Crippen molar-refractivity contribution in [1.29, 1.82) is 0 Å². The second-order valence-corrected chi connectivity index (χ2v) is 4.88. The van der Waals surface area contributed by atoms with Crippen molar-refractivity contribution in [2.75, 3.05) is 5.73 Å². The van der Waals surface area contributed by atoms with Gasteiger partial charge in [-0.1, -0.05) is 48.5 Å². The van der Waals surface area contributed by atoms with E-state index in [0.717, 1.165) is 11.1 Å². The molecule has 0 bridgehead atoms. The van der Waals surface area contributed by atoms with Crippen molar-refractivity contribution >= 4 is 11.7 Å². The highest BCUT2D eigenvalue weighted by Crippen LogP contribution is 2.31. The molecule has 0 radical (unpaired) electrons. The summed E-state index contributed by atoms with van der Waals surface area (Å²) in [6.07, 6.45) is 0. The number of ether oxygens (including phenoxy) is 1. The Bertz CT molecular complexity index is 797. The number of anilines is 1. The third kappa shape index (κ3) is 2.99. The Balaban J connectivity index is 1.94. The zero-order valence-electron chi connectivity index (χ0n) is 11.9. The number of hydrogen-bond acceptors (Lipinski definition) is 3. The summed E-state index contributed by atoms with van der Waals surface area (Å²) in [5, 5.41) is 0. The minimum absolute atomic E-state index is 0.378. The average Bonchev–Trinajstić information content (AvgIpc) is 2.56. The molecular weight excluding hydrogens is 274 g/mol. The maximum absolute atomic E-state index is 12.2. The summed E-state index contributed by atoms with van der Waals surface area (Å²) >= 11 is 0. The van der Waals surface area contributed by atoms with Gasteiger partial charge in [0.1, 0.15) is 5.75 Å². The molecule has 0 aliphatic rings. The number of hydrogen-bond donors (Lipinski definition) is 1. The Morgan fingerprint density at radius 3 is 2.32 bits per heavy atom. The molecule has 0 saturated heterocycles. The van der Waals surface area contributed by atoms with Crippen LogP contribution in [0.1, 0.15) is 10.4 Å². The quantitative estimate of drug-likeness (QED) is 0.447. The Morgan fingerprint density at radius 2 is 1.55 bits per heavy atom. The van der Waals surface area contributed by atoms with Crippen LogP contribution in [0.15, 0.2) is 78.9 Å². The van der Waals surface area contributed by atoms with Gasteiger partial charge < -0.3 is 10.5 Å². The van der Waals surface area contributed by atoms with Crippen molar-refractivity contribution in [2.45, 2.75) is 0 Å². The van der Waals surface area contributed by atoms with E-state index < -0.39 is 0 Å². The largest absolute Gasteiger partial charge is 0.422 e. The highest BCUT2D eigenvalue weighted by molar-refractivity contribution is 5.92. The third-order valence-corrected chi connectivity index (χ3v) is 3.30. The maximum atomic E-state index is 12.2. The summed E-state index contributed by atoms with van der Waals surface area (Å²) in [5.41, 5.74) is 8.76. The van der Waals surface area contributed by atoms with E-state index in [4.69, 9.17) is 10.5 Å². The van der Waals surface area contributed by atoms with Crippen LogP contribution in [0, 0.1) is 0 Å². The van der Waals surface area contributed by atoms with Crippen molar-refractivity contribution in [3.8, 4) is 16.9 Å². The monoisotopic (exact) mass is 289 g/mol. The molecule has 3 heteroatoms. The smallest absolute Gasteiger partial charge is 0.343 e. The summed E-state index contributed by atoms with van der Waals surface area (Å²) < 4.78 is 5.55. The Morgan fingerprint density at radius 1 is 0.818 bits per heavy atom. The van der Waals surface area contributed by atoms with Crippen molar-refractivity contribution in [1.82, 2.24) is 0 Å². The normalized spacial score (nSPS) is 10.2. The van der Waals surface area contributed by atoms with Gasteiger partial charge in [-0.3, -0.25) is 0 Å². The first-order chi connectivity index (χ1) is 10.7. The Labute approximate surface area is 129 Å². The summed E-state index contributed by atoms with van der Waals surface area (Å²) in [6, 6.07) is 23.8. The van der Waals surface area contributed by atoms with E-state index in [9.17, 15) is 4.79 Å². The van der Waals surface area contributed by atoms with Crippen LogP contribution in [0.25, 0.3) is 11.1 Å². The number of esters is 1. The summed E-state index contributed by atoms with van der Waals surface area (Å²) in [6.45, 7) is 0. The lowest BCUT2D eigenvalue weighted by Crippen LogP contribution is -2.08. The summed E-state index contributed by atoms with van der Waals surface area (Å²) in [4.78, 5) is 12.2. The SMILES string of the molecule is Nc1cccc(-c2ccccc2OC(=O)c2ccccc2)c1. The van der Waals surface area contributed by atoms with Crippen LogP contribution in [-0.4, -0.2) is 5.97 Å². The first-order valence-electron chi connectivity index (χ1n) is 6.96. The van der Waals surface area contributed by atoms with E-state index in [-0.39, 0.29) is 5.97 Å². The molecule has 3 nitrogen and oxygen atoms in total. The Kier molecular flexibility index (Phi) is 3.88. The second kappa shape index (κ2) is 6.14. The van der Waals surface area contributed by atoms with Crippen LogP contribution < -0.4 is 10.5 Å². The number of carbonyl (C=O) groups is 1. The molecule has 0 aromatic heterocycles. The summed E-state index contributed by atoms with van der Waals surface area (Å²) in [7, 11) is 0. The molecule has 0 amide bonds. The van der Waals surface area contributed by atoms with Crippen LogP contribution in [0.3, 0.4) is 0 Å². The molecule has 0 heterocycles. The lowest BCUT2D eigenvalue weighted by Gasteiger charge is -2.10. The van der Waals surface area contributed by atoms with E-state index in [1.807, 2.05) is 48.5 Å². The standard InChI is InChI=1S/C19H15NO2/c20-16-10-6-9-15(13-16)17-11-4-5-12-18(17)22-19(21)14-7-2-1-3-8-14/h1-13H,20H2. The average molecular weight is 289 g/mol. The molecule has 0 fully saturated rings. The molecule has 2 N–H and O–H groups in total. The van der Waals surface area contributed by atoms with E-state index in [0.29, 0.717) is 17.0 Å². The predicted molar refractivity (Wildman–Crippen MR) is 87.7 cm³/mol. The fraction of sp³-hybridized carbons (Fsp3) is 0. The maximum Gasteiger partial charge on any atom is 0.343 e. The number of rotatable bonds is 3. The molecule has 0 unspecified atom stereocenters. The van der Waals surface area contributed by atoms with Crippen LogP contribution in [0.5, 0.6) is 5.75 Å². The van der Waals surface area contributed by atoms with Gasteiger partial charge in [-0.25, -0.2) is 4.79 Å². The first kappa shape index (κ1) is 13.9. The van der Waals surface area contributed by atoms with Gasteiger partial charge in [-0.05, 0) is 35.9 Å². The van der Waals surface area contributed by atoms with Gasteiger partial charge in [0.05, 0.1) is 5.56 Å². The highest BCUT2D eigenvalue weighted by Gasteiger charge is 2.12. The lowest BCUT2D eigenvalue weighted by molar-refractivity contribution is 0.0735. The van der Waals surface area contributed by atoms with Gasteiger partial charge in [-0.15, -0.1) is 0 Å². The molecule has 3 aromatic carbocycles. The first-order valence-corrected chi connectivity index (χ1v) is 6.96. The molecule has 3 aromatic rings. The second-order valence-electron chi connectivity index (χ2n) is 4.88. The van der Waals surface area contributed by atoms with Crippen molar-refractivity contribution in [3.05, 3.63) is 84.4 Å². The fourth-order valence-electron chi connectivity index (χ4n) is 2.23. The molecule has 0 atom stereocenters. The van der Waals surface area contributed by atoms with Gasteiger partial charge in [-0.2, -0.15) is 0 Å². The Hall–Kier alpha value is -3.07. The van der Waals surface area contributed by atoms with Crippen LogP contribution in [0.2, 0.25) is 0 Å². The zero-order chi connectivity index (χ0) is 15.4. The van der Waals surface area contributed by atoms with Gasteiger partial charge in [0.2, 0.25) is 0 Å². The number of nitrogen functional groups attached to an aromatic ring is 1. The lowest BCUT2D eigenvalue weighted by atomic mass is 10.0. The fourth-order valence-corrected chi connectivity index (χ4v) is 2.23. The number of para-hydroxylation sites is 1. The minimum atomic E-state index is -0.378. The number of carbonyl (C=O) groups excluding carboxylic acids is 1. The minimum Gasteiger partial charge on any atom is -0.422 e. The van der Waals surface area contributed by atoms with Gasteiger partial charge >= 0.3 is 5.97 Å². The summed E-state index contributed by atoms with van der Waals surface area (Å²) in [5.74, 6) is 0.138. The van der Waals surface area contributed by atoms with Crippen LogP contribution in [0.4, 0.5) is 5.69 Å². The highest BCUT2D eigenvalue weighted by atomic mass is 16.5. The number of benzene rings is 3. The van der Waals surface area contributed by atoms with Crippen molar-refractivity contribution < 1.29 is 9.53 Å². The van der Waals surface area contributed by atoms with Crippen molar-refractivity contribution in [2.24, 2.45) is 0 Å². The molecule has 108 valence electrons. The van der Waals surface area contributed by atoms with Gasteiger partial charge in [0.25, 0.3) is 0 Å². The molecule has 3 rings (SSSR count). The van der Waals surface area contributed by atoms with Crippen LogP contribution in [-0.2, 0) is 0 Å². The van der Waals surface area contributed by atoms with Gasteiger partial charge in [0.15, 0.2) is 0 Å². The third-order valence-electron chi connectivity index (χ3n) is 3.30. The molecular formula is C19H15NO2. The zero-order valence-corrected chi connectivity index (χ0v) is 11.9.